The van der Waals surface area contributed by atoms with Gasteiger partial charge in [-0.1, -0.05) is 0 Å². The number of hydrogen-bond acceptors (Lipinski definition) is 0. The molecule has 0 fully saturated rings. The van der Waals surface area contributed by atoms with Crippen LogP contribution in [0, 0.1) is 0 Å². The van der Waals surface area contributed by atoms with E-state index in [1.807, 2.05) is 0 Å². The molecule has 0 unspecified atom stereocenters. The van der Waals surface area contributed by atoms with Crippen molar-refractivity contribution in [3.8, 4) is 0 Å². The number of rotatable bonds is 0. The van der Waals surface area contributed by atoms with Crippen LogP contribution in [0.1, 0.15) is 1.43 Å². The van der Waals surface area contributed by atoms with E-state index in [2.05, 4.69) is 0 Å². The van der Waals surface area contributed by atoms with E-state index in [0.717, 1.165) is 0 Å². The Labute approximate surface area is 104 Å². The molecule has 0 aromatic rings. The second kappa shape index (κ2) is 141. The molecule has 0 heterocycles. The van der Waals surface area contributed by atoms with Gasteiger partial charge in [0.15, 0.2) is 0 Å². The van der Waals surface area contributed by atoms with E-state index in [4.69, 9.17) is 0 Å². The summed E-state index contributed by atoms with van der Waals surface area (Å²) in [4.78, 5) is 0. The van der Waals surface area contributed by atoms with Gasteiger partial charge in [-0.25, -0.2) is 0 Å². The normalized spacial score (nSPS) is 0. The molecule has 8 heteroatoms. The summed E-state index contributed by atoms with van der Waals surface area (Å²) < 4.78 is 0. The molecule has 0 aliphatic carbocycles. The average Bonchev–Trinajstić information content (AvgIpc) is 0. The Bertz CT molecular complexity index is 13.0. The Kier molecular flexibility index (Phi) is 3480. The summed E-state index contributed by atoms with van der Waals surface area (Å²) in [6, 6.07) is 0. The average molecular weight is 285 g/mol. The zero-order valence-electron chi connectivity index (χ0n) is 5.16. The monoisotopic (exact) mass is 284 g/mol. The van der Waals surface area contributed by atoms with Crippen LogP contribution in [0.5, 0.6) is 0 Å². The van der Waals surface area contributed by atoms with E-state index >= 15 is 0 Å². The van der Waals surface area contributed by atoms with Gasteiger partial charge in [-0.05, 0) is 0 Å². The molecule has 8 heavy (non-hydrogen) atoms. The van der Waals surface area contributed by atoms with Crippen molar-refractivity contribution in [3.05, 3.63) is 0 Å². The maximum atomic E-state index is 0. The summed E-state index contributed by atoms with van der Waals surface area (Å²) in [6.07, 6.45) is 0. The van der Waals surface area contributed by atoms with Crippen molar-refractivity contribution < 1.29 is 81.0 Å². The summed E-state index contributed by atoms with van der Waals surface area (Å²) in [5, 5.41) is 0. The van der Waals surface area contributed by atoms with E-state index in [9.17, 15) is 0 Å². The molecule has 0 aliphatic rings. The quantitative estimate of drug-likeness (QED) is 0.326. The van der Waals surface area contributed by atoms with Gasteiger partial charge in [-0.2, -0.15) is 0 Å². The van der Waals surface area contributed by atoms with Gasteiger partial charge in [0.1, 0.15) is 0 Å². The van der Waals surface area contributed by atoms with Crippen LogP contribution < -0.4 is 51.4 Å². The van der Waals surface area contributed by atoms with Crippen LogP contribution in [-0.4, -0.2) is 24.4 Å². The predicted octanol–water partition coefficient (Wildman–Crippen LogP) is -3.15. The van der Waals surface area contributed by atoms with Crippen molar-refractivity contribution in [1.29, 1.82) is 0 Å². The van der Waals surface area contributed by atoms with E-state index in [1.54, 1.807) is 0 Å². The third-order valence-electron chi connectivity index (χ3n) is 0. The van der Waals surface area contributed by atoms with Crippen LogP contribution in [0.15, 0.2) is 0 Å². The van der Waals surface area contributed by atoms with E-state index in [0.29, 0.717) is 0 Å². The fourth-order valence-corrected chi connectivity index (χ4v) is 0. The van der Waals surface area contributed by atoms with Gasteiger partial charge in [0.25, 0.3) is 0 Å². The van der Waals surface area contributed by atoms with Crippen molar-refractivity contribution in [2.45, 2.75) is 0 Å². The van der Waals surface area contributed by atoms with E-state index in [1.165, 1.54) is 0 Å². The van der Waals surface area contributed by atoms with E-state index in [-0.39, 0.29) is 105 Å². The molecule has 0 aromatic heterocycles. The zero-order chi connectivity index (χ0) is 0. The molecule has 58 valence electrons. The number of hydrogen-bond donors (Lipinski definition) is 0. The van der Waals surface area contributed by atoms with Gasteiger partial charge < -0.3 is 1.43 Å². The first-order valence-electron chi connectivity index (χ1n) is 0. The van der Waals surface area contributed by atoms with E-state index < -0.39 is 0 Å². The topological polar surface area (TPSA) is 0 Å². The molecule has 0 nitrogen and oxygen atoms in total. The van der Waals surface area contributed by atoms with Gasteiger partial charge in [0.05, 0.1) is 0 Å². The second-order valence-electron chi connectivity index (χ2n) is 0. The van der Waals surface area contributed by atoms with Gasteiger partial charge in [-0.15, -0.1) is 0 Å². The van der Waals surface area contributed by atoms with Crippen LogP contribution in [0.25, 0.3) is 0 Å². The molecule has 0 aliphatic heterocycles. The molecule has 0 spiro atoms. The number of halogens is 6. The van der Waals surface area contributed by atoms with Gasteiger partial charge in [0, 0.05) is 0 Å². The molecule has 0 bridgehead atoms. The third-order valence-corrected chi connectivity index (χ3v) is 0. The maximum absolute atomic E-state index is 0. The Morgan fingerprint density at radius 3 is 0.500 bits per heavy atom. The molecule has 0 radical (unpaired) electrons. The first kappa shape index (κ1) is 198. The minimum atomic E-state index is 0. The van der Waals surface area contributed by atoms with Crippen LogP contribution in [-0.2, 0) is 0 Å². The summed E-state index contributed by atoms with van der Waals surface area (Å²) in [7, 11) is 0. The van der Waals surface area contributed by atoms with Crippen LogP contribution in [0.3, 0.4) is 0 Å². The molecular formula is H10F6KSb. The van der Waals surface area contributed by atoms with Crippen molar-refractivity contribution in [3.63, 3.8) is 0 Å². The van der Waals surface area contributed by atoms with Crippen LogP contribution in [0.4, 0.5) is 28.2 Å². The Morgan fingerprint density at radius 1 is 0.500 bits per heavy atom. The van der Waals surface area contributed by atoms with Gasteiger partial charge >= 0.3 is 75.8 Å². The standard InChI is InChI=1S/6FH.K.Sb.4H/h6*1H;;;;;;/q;;;;;;+1;;;;;-1. The van der Waals surface area contributed by atoms with Gasteiger partial charge in [-0.3, -0.25) is 28.2 Å². The summed E-state index contributed by atoms with van der Waals surface area (Å²) >= 11 is 0. The molecule has 0 amide bonds. The van der Waals surface area contributed by atoms with Crippen molar-refractivity contribution in [1.82, 2.24) is 0 Å². The van der Waals surface area contributed by atoms with Crippen LogP contribution in [0.2, 0.25) is 0 Å². The summed E-state index contributed by atoms with van der Waals surface area (Å²) in [6.45, 7) is 0. The SMILES string of the molecule is F.F.F.F.F.F.[H-].[K+].[SbH3]. The predicted molar refractivity (Wildman–Crippen MR) is 26.1 cm³/mol. The fraction of sp³-hybridized carbons (Fsp3) is 0. The minimum absolute atomic E-state index is 0. The first-order chi connectivity index (χ1) is 0. The Hall–Kier alpha value is 2.03. The third kappa shape index (κ3) is 96.1. The zero-order valence-corrected chi connectivity index (χ0v) is 11.3. The molecular weight excluding hydrogens is 275 g/mol. The molecule has 0 rings (SSSR count). The molecule has 0 saturated carbocycles. The van der Waals surface area contributed by atoms with Crippen molar-refractivity contribution in [2.24, 2.45) is 0 Å². The molecule has 0 atom stereocenters. The van der Waals surface area contributed by atoms with Crippen LogP contribution >= 0.6 is 0 Å². The fourth-order valence-electron chi connectivity index (χ4n) is 0. The Morgan fingerprint density at radius 2 is 0.500 bits per heavy atom. The summed E-state index contributed by atoms with van der Waals surface area (Å²) in [5.74, 6) is 0. The first-order valence-corrected chi connectivity index (χ1v) is 0. The molecule has 0 N–H and O–H groups in total. The van der Waals surface area contributed by atoms with Crippen molar-refractivity contribution >= 4 is 24.4 Å². The summed E-state index contributed by atoms with van der Waals surface area (Å²) in [5.41, 5.74) is 0. The second-order valence-corrected chi connectivity index (χ2v) is 0. The molecule has 0 saturated heterocycles. The van der Waals surface area contributed by atoms with Crippen molar-refractivity contribution in [2.75, 3.05) is 0 Å². The molecule has 0 aromatic carbocycles. The Balaban J connectivity index is 0. The van der Waals surface area contributed by atoms with Gasteiger partial charge in [0.2, 0.25) is 0 Å².